The Hall–Kier alpha value is -1.46. The Morgan fingerprint density at radius 2 is 2.50 bits per heavy atom. The molecule has 1 N–H and O–H groups in total. The van der Waals surface area contributed by atoms with Crippen molar-refractivity contribution in [3.8, 4) is 0 Å². The molecule has 1 aromatic rings. The summed E-state index contributed by atoms with van der Waals surface area (Å²) in [5.74, 6) is -0.614. The van der Waals surface area contributed by atoms with Crippen LogP contribution in [0.25, 0.3) is 0 Å². The first kappa shape index (κ1) is 8.63. The molecule has 0 atom stereocenters. The summed E-state index contributed by atoms with van der Waals surface area (Å²) in [6, 6.07) is 0. The SMILES string of the molecule is O=C(NCC(F)F)c1cnoc1. The van der Waals surface area contributed by atoms with Crippen LogP contribution in [0.3, 0.4) is 0 Å². The molecule has 0 saturated carbocycles. The first-order valence-electron chi connectivity index (χ1n) is 3.16. The van der Waals surface area contributed by atoms with E-state index in [1.807, 2.05) is 5.32 Å². The maximum Gasteiger partial charge on any atom is 0.256 e. The lowest BCUT2D eigenvalue weighted by Gasteiger charge is -1.99. The Morgan fingerprint density at radius 1 is 1.75 bits per heavy atom. The molecular formula is C6H6F2N2O2. The molecule has 1 heterocycles. The second-order valence-corrected chi connectivity index (χ2v) is 2.01. The maximum atomic E-state index is 11.6. The molecule has 12 heavy (non-hydrogen) atoms. The van der Waals surface area contributed by atoms with E-state index in [0.29, 0.717) is 0 Å². The highest BCUT2D eigenvalue weighted by atomic mass is 19.3. The molecule has 0 aromatic carbocycles. The zero-order valence-corrected chi connectivity index (χ0v) is 5.96. The summed E-state index contributed by atoms with van der Waals surface area (Å²) in [5.41, 5.74) is 0.135. The highest BCUT2D eigenvalue weighted by molar-refractivity contribution is 5.93. The van der Waals surface area contributed by atoms with Gasteiger partial charge >= 0.3 is 0 Å². The van der Waals surface area contributed by atoms with Crippen molar-refractivity contribution in [3.63, 3.8) is 0 Å². The molecule has 0 aliphatic rings. The molecule has 0 spiro atoms. The lowest BCUT2D eigenvalue weighted by molar-refractivity contribution is 0.0891. The van der Waals surface area contributed by atoms with Crippen LogP contribution in [0, 0.1) is 0 Å². The average molecular weight is 176 g/mol. The molecule has 0 bridgehead atoms. The van der Waals surface area contributed by atoms with Gasteiger partial charge in [0.05, 0.1) is 18.3 Å². The van der Waals surface area contributed by atoms with E-state index in [1.54, 1.807) is 0 Å². The van der Waals surface area contributed by atoms with Crippen molar-refractivity contribution in [1.29, 1.82) is 0 Å². The third kappa shape index (κ3) is 2.30. The van der Waals surface area contributed by atoms with E-state index < -0.39 is 18.9 Å². The zero-order chi connectivity index (χ0) is 8.97. The van der Waals surface area contributed by atoms with E-state index in [4.69, 9.17) is 0 Å². The number of rotatable bonds is 3. The topological polar surface area (TPSA) is 55.1 Å². The molecule has 0 aliphatic carbocycles. The van der Waals surface area contributed by atoms with E-state index in [9.17, 15) is 13.6 Å². The predicted octanol–water partition coefficient (Wildman–Crippen LogP) is 0.669. The van der Waals surface area contributed by atoms with Crippen LogP contribution >= 0.6 is 0 Å². The van der Waals surface area contributed by atoms with Gasteiger partial charge in [0.15, 0.2) is 0 Å². The fraction of sp³-hybridized carbons (Fsp3) is 0.333. The number of hydrogen-bond donors (Lipinski definition) is 1. The minimum absolute atomic E-state index is 0.135. The highest BCUT2D eigenvalue weighted by Crippen LogP contribution is 1.96. The summed E-state index contributed by atoms with van der Waals surface area (Å²) in [7, 11) is 0. The molecule has 1 rings (SSSR count). The van der Waals surface area contributed by atoms with Crippen LogP contribution in [0.1, 0.15) is 10.4 Å². The number of nitrogens with zero attached hydrogens (tertiary/aromatic N) is 1. The van der Waals surface area contributed by atoms with Gasteiger partial charge in [-0.15, -0.1) is 0 Å². The minimum Gasteiger partial charge on any atom is -0.364 e. The molecule has 66 valence electrons. The minimum atomic E-state index is -2.55. The van der Waals surface area contributed by atoms with E-state index in [0.717, 1.165) is 12.5 Å². The van der Waals surface area contributed by atoms with Crippen molar-refractivity contribution in [2.75, 3.05) is 6.54 Å². The normalized spacial score (nSPS) is 10.2. The zero-order valence-electron chi connectivity index (χ0n) is 5.96. The van der Waals surface area contributed by atoms with E-state index in [-0.39, 0.29) is 5.56 Å². The van der Waals surface area contributed by atoms with Crippen LogP contribution in [0.5, 0.6) is 0 Å². The molecule has 0 unspecified atom stereocenters. The standard InChI is InChI=1S/C6H6F2N2O2/c7-5(8)2-9-6(11)4-1-10-12-3-4/h1,3,5H,2H2,(H,9,11). The smallest absolute Gasteiger partial charge is 0.256 e. The Bertz CT molecular complexity index is 248. The molecule has 1 aromatic heterocycles. The number of carbonyl (C=O) groups is 1. The molecule has 0 saturated heterocycles. The third-order valence-corrected chi connectivity index (χ3v) is 1.11. The van der Waals surface area contributed by atoms with E-state index >= 15 is 0 Å². The molecular weight excluding hydrogens is 170 g/mol. The van der Waals surface area contributed by atoms with Crippen molar-refractivity contribution >= 4 is 5.91 Å². The van der Waals surface area contributed by atoms with Gasteiger partial charge in [-0.1, -0.05) is 5.16 Å². The summed E-state index contributed by atoms with van der Waals surface area (Å²) in [4.78, 5) is 10.9. The highest BCUT2D eigenvalue weighted by Gasteiger charge is 2.09. The number of amides is 1. The van der Waals surface area contributed by atoms with Gasteiger partial charge in [-0.2, -0.15) is 0 Å². The number of alkyl halides is 2. The summed E-state index contributed by atoms with van der Waals surface area (Å²) >= 11 is 0. The molecule has 0 aliphatic heterocycles. The number of hydrogen-bond acceptors (Lipinski definition) is 3. The number of halogens is 2. The van der Waals surface area contributed by atoms with Gasteiger partial charge in [0.25, 0.3) is 12.3 Å². The van der Waals surface area contributed by atoms with Crippen LogP contribution in [-0.4, -0.2) is 24.0 Å². The number of aromatic nitrogens is 1. The fourth-order valence-corrected chi connectivity index (χ4v) is 0.589. The Balaban J connectivity index is 2.40. The second-order valence-electron chi connectivity index (χ2n) is 2.01. The Kier molecular flexibility index (Phi) is 2.73. The lowest BCUT2D eigenvalue weighted by Crippen LogP contribution is -2.28. The molecule has 0 radical (unpaired) electrons. The van der Waals surface area contributed by atoms with E-state index in [2.05, 4.69) is 9.68 Å². The van der Waals surface area contributed by atoms with E-state index in [1.165, 1.54) is 0 Å². The van der Waals surface area contributed by atoms with Crippen molar-refractivity contribution in [1.82, 2.24) is 10.5 Å². The van der Waals surface area contributed by atoms with Crippen molar-refractivity contribution < 1.29 is 18.1 Å². The van der Waals surface area contributed by atoms with Gasteiger partial charge in [-0.25, -0.2) is 8.78 Å². The molecule has 0 fully saturated rings. The monoisotopic (exact) mass is 176 g/mol. The fourth-order valence-electron chi connectivity index (χ4n) is 0.589. The first-order valence-corrected chi connectivity index (χ1v) is 3.16. The van der Waals surface area contributed by atoms with Crippen LogP contribution in [0.4, 0.5) is 8.78 Å². The average Bonchev–Trinajstić information content (AvgIpc) is 2.51. The predicted molar refractivity (Wildman–Crippen MR) is 34.8 cm³/mol. The van der Waals surface area contributed by atoms with Crippen LogP contribution < -0.4 is 5.32 Å². The molecule has 4 nitrogen and oxygen atoms in total. The van der Waals surface area contributed by atoms with Crippen molar-refractivity contribution in [2.24, 2.45) is 0 Å². The summed E-state index contributed by atoms with van der Waals surface area (Å²) in [6.45, 7) is -0.663. The molecule has 6 heteroatoms. The van der Waals surface area contributed by atoms with Gasteiger partial charge in [-0.3, -0.25) is 4.79 Å². The van der Waals surface area contributed by atoms with Gasteiger partial charge in [0.1, 0.15) is 6.26 Å². The number of carbonyl (C=O) groups excluding carboxylic acids is 1. The van der Waals surface area contributed by atoms with Crippen molar-refractivity contribution in [2.45, 2.75) is 6.43 Å². The van der Waals surface area contributed by atoms with Crippen LogP contribution in [0.15, 0.2) is 17.0 Å². The maximum absolute atomic E-state index is 11.6. The van der Waals surface area contributed by atoms with Gasteiger partial charge in [0.2, 0.25) is 0 Å². The summed E-state index contributed by atoms with van der Waals surface area (Å²) < 4.78 is 27.5. The lowest BCUT2D eigenvalue weighted by atomic mass is 10.3. The number of nitrogens with one attached hydrogen (secondary N) is 1. The summed E-state index contributed by atoms with van der Waals surface area (Å²) in [6.07, 6.45) is -0.310. The van der Waals surface area contributed by atoms with Crippen molar-refractivity contribution in [3.05, 3.63) is 18.0 Å². The largest absolute Gasteiger partial charge is 0.364 e. The Morgan fingerprint density at radius 3 is 3.00 bits per heavy atom. The van der Waals surface area contributed by atoms with Crippen LogP contribution in [0.2, 0.25) is 0 Å². The van der Waals surface area contributed by atoms with Gasteiger partial charge in [-0.05, 0) is 0 Å². The Labute approximate surface area is 66.5 Å². The van der Waals surface area contributed by atoms with Gasteiger partial charge in [0, 0.05) is 0 Å². The first-order chi connectivity index (χ1) is 5.70. The second kappa shape index (κ2) is 3.80. The summed E-state index contributed by atoms with van der Waals surface area (Å²) in [5, 5.41) is 5.24. The quantitative estimate of drug-likeness (QED) is 0.736. The molecule has 1 amide bonds. The van der Waals surface area contributed by atoms with Gasteiger partial charge < -0.3 is 9.84 Å². The third-order valence-electron chi connectivity index (χ3n) is 1.11. The van der Waals surface area contributed by atoms with Crippen LogP contribution in [-0.2, 0) is 0 Å².